The van der Waals surface area contributed by atoms with Crippen molar-refractivity contribution in [2.24, 2.45) is 0 Å². The van der Waals surface area contributed by atoms with Crippen LogP contribution in [0.25, 0.3) is 0 Å². The van der Waals surface area contributed by atoms with E-state index < -0.39 is 0 Å². The summed E-state index contributed by atoms with van der Waals surface area (Å²) in [4.78, 5) is 0. The second kappa shape index (κ2) is 3.62. The van der Waals surface area contributed by atoms with Crippen LogP contribution in [0.15, 0.2) is 18.2 Å². The predicted molar refractivity (Wildman–Crippen MR) is 47.7 cm³/mol. The highest BCUT2D eigenvalue weighted by atomic mass is 35.5. The molecular weight excluding hydrogens is 144 g/mol. The Bertz CT molecular complexity index is 216. The van der Waals surface area contributed by atoms with Crippen molar-refractivity contribution >= 4 is 11.6 Å². The highest BCUT2D eigenvalue weighted by Gasteiger charge is 1.91. The Labute approximate surface area is 67.8 Å². The van der Waals surface area contributed by atoms with Crippen LogP contribution < -0.4 is 0 Å². The largest absolute Gasteiger partial charge is 0.0840 e. The first-order valence-electron chi connectivity index (χ1n) is 2.93. The standard InChI is InChI=1S/C8H9Cl.CH4/c1-6-3-4-7(2)8(9)5-6;/h3-5H,1-2H3;1H4. The van der Waals surface area contributed by atoms with Crippen LogP contribution in [-0.2, 0) is 0 Å². The second-order valence-electron chi connectivity index (χ2n) is 2.25. The Hall–Kier alpha value is -0.490. The molecule has 1 rings (SSSR count). The molecule has 0 aromatic heterocycles. The van der Waals surface area contributed by atoms with Gasteiger partial charge in [0.15, 0.2) is 0 Å². The van der Waals surface area contributed by atoms with Crippen molar-refractivity contribution in [1.29, 1.82) is 0 Å². The number of benzene rings is 1. The quantitative estimate of drug-likeness (QED) is 0.539. The molecule has 0 atom stereocenters. The van der Waals surface area contributed by atoms with Crippen LogP contribution in [0.5, 0.6) is 0 Å². The van der Waals surface area contributed by atoms with E-state index in [9.17, 15) is 0 Å². The van der Waals surface area contributed by atoms with Crippen LogP contribution >= 0.6 is 11.6 Å². The topological polar surface area (TPSA) is 0 Å². The molecule has 0 bridgehead atoms. The number of aryl methyl sites for hydroxylation is 2. The van der Waals surface area contributed by atoms with Gasteiger partial charge in [-0.1, -0.05) is 31.2 Å². The average molecular weight is 157 g/mol. The molecule has 0 heterocycles. The predicted octanol–water partition coefficient (Wildman–Crippen LogP) is 3.59. The van der Waals surface area contributed by atoms with Gasteiger partial charge >= 0.3 is 0 Å². The number of hydrogen-bond acceptors (Lipinski definition) is 0. The van der Waals surface area contributed by atoms with Crippen LogP contribution in [0.1, 0.15) is 18.6 Å². The maximum absolute atomic E-state index is 5.81. The lowest BCUT2D eigenvalue weighted by molar-refractivity contribution is 1.40. The molecule has 0 fully saturated rings. The minimum atomic E-state index is 0. The van der Waals surface area contributed by atoms with Crippen molar-refractivity contribution in [2.45, 2.75) is 21.3 Å². The molecule has 0 aliphatic heterocycles. The molecule has 10 heavy (non-hydrogen) atoms. The molecule has 0 radical (unpaired) electrons. The first-order chi connectivity index (χ1) is 4.20. The summed E-state index contributed by atoms with van der Waals surface area (Å²) in [6.07, 6.45) is 0. The van der Waals surface area contributed by atoms with E-state index >= 15 is 0 Å². The van der Waals surface area contributed by atoms with Gasteiger partial charge in [0.25, 0.3) is 0 Å². The van der Waals surface area contributed by atoms with E-state index in [0.29, 0.717) is 0 Å². The number of halogens is 1. The third-order valence-electron chi connectivity index (χ3n) is 1.33. The molecular formula is C9H13Cl. The van der Waals surface area contributed by atoms with Crippen molar-refractivity contribution in [2.75, 3.05) is 0 Å². The van der Waals surface area contributed by atoms with E-state index in [2.05, 4.69) is 6.07 Å². The maximum atomic E-state index is 5.81. The molecule has 0 saturated heterocycles. The summed E-state index contributed by atoms with van der Waals surface area (Å²) in [5, 5.41) is 0.856. The second-order valence-corrected chi connectivity index (χ2v) is 2.66. The fraction of sp³-hybridized carbons (Fsp3) is 0.333. The highest BCUT2D eigenvalue weighted by Crippen LogP contribution is 2.15. The molecule has 1 aromatic carbocycles. The summed E-state index contributed by atoms with van der Waals surface area (Å²) in [5.74, 6) is 0. The van der Waals surface area contributed by atoms with Crippen molar-refractivity contribution in [3.8, 4) is 0 Å². The summed E-state index contributed by atoms with van der Waals surface area (Å²) < 4.78 is 0. The molecule has 56 valence electrons. The van der Waals surface area contributed by atoms with Crippen molar-refractivity contribution in [1.82, 2.24) is 0 Å². The van der Waals surface area contributed by atoms with Crippen LogP contribution in [0.3, 0.4) is 0 Å². The number of rotatable bonds is 0. The van der Waals surface area contributed by atoms with E-state index in [4.69, 9.17) is 11.6 Å². The third-order valence-corrected chi connectivity index (χ3v) is 1.73. The summed E-state index contributed by atoms with van der Waals surface area (Å²) in [7, 11) is 0. The summed E-state index contributed by atoms with van der Waals surface area (Å²) in [6, 6.07) is 6.05. The molecule has 0 aliphatic carbocycles. The van der Waals surface area contributed by atoms with E-state index in [-0.39, 0.29) is 7.43 Å². The van der Waals surface area contributed by atoms with Crippen LogP contribution in [0.4, 0.5) is 0 Å². The summed E-state index contributed by atoms with van der Waals surface area (Å²) in [5.41, 5.74) is 2.35. The van der Waals surface area contributed by atoms with Gasteiger partial charge in [0.1, 0.15) is 0 Å². The van der Waals surface area contributed by atoms with Gasteiger partial charge in [-0.25, -0.2) is 0 Å². The smallest absolute Gasteiger partial charge is 0.0437 e. The first-order valence-corrected chi connectivity index (χ1v) is 3.30. The van der Waals surface area contributed by atoms with Gasteiger partial charge in [-0.3, -0.25) is 0 Å². The molecule has 0 N–H and O–H groups in total. The van der Waals surface area contributed by atoms with Gasteiger partial charge in [-0.2, -0.15) is 0 Å². The molecule has 0 amide bonds. The Morgan fingerprint density at radius 3 is 2.20 bits per heavy atom. The van der Waals surface area contributed by atoms with Gasteiger partial charge in [-0.05, 0) is 31.0 Å². The zero-order valence-corrected chi connectivity index (χ0v) is 6.37. The van der Waals surface area contributed by atoms with Gasteiger partial charge in [0.2, 0.25) is 0 Å². The maximum Gasteiger partial charge on any atom is 0.0437 e. The zero-order chi connectivity index (χ0) is 6.85. The van der Waals surface area contributed by atoms with E-state index in [0.717, 1.165) is 10.6 Å². The molecule has 0 aliphatic rings. The molecule has 0 unspecified atom stereocenters. The minimum absolute atomic E-state index is 0. The molecule has 0 nitrogen and oxygen atoms in total. The van der Waals surface area contributed by atoms with Crippen LogP contribution in [0.2, 0.25) is 5.02 Å². The number of hydrogen-bond donors (Lipinski definition) is 0. The van der Waals surface area contributed by atoms with Crippen molar-refractivity contribution in [3.05, 3.63) is 34.3 Å². The van der Waals surface area contributed by atoms with Crippen molar-refractivity contribution in [3.63, 3.8) is 0 Å². The Morgan fingerprint density at radius 1 is 1.20 bits per heavy atom. The fourth-order valence-electron chi connectivity index (χ4n) is 0.698. The van der Waals surface area contributed by atoms with Crippen molar-refractivity contribution < 1.29 is 0 Å². The monoisotopic (exact) mass is 156 g/mol. The van der Waals surface area contributed by atoms with Gasteiger partial charge in [0.05, 0.1) is 0 Å². The Kier molecular flexibility index (Phi) is 3.45. The molecule has 0 spiro atoms. The van der Waals surface area contributed by atoms with Crippen LogP contribution in [-0.4, -0.2) is 0 Å². The van der Waals surface area contributed by atoms with Gasteiger partial charge < -0.3 is 0 Å². The van der Waals surface area contributed by atoms with Gasteiger partial charge in [-0.15, -0.1) is 0 Å². The highest BCUT2D eigenvalue weighted by molar-refractivity contribution is 6.31. The zero-order valence-electron chi connectivity index (χ0n) is 5.61. The van der Waals surface area contributed by atoms with E-state index in [1.165, 1.54) is 5.56 Å². The van der Waals surface area contributed by atoms with E-state index in [1.807, 2.05) is 26.0 Å². The lowest BCUT2D eigenvalue weighted by Gasteiger charge is -1.96. The Morgan fingerprint density at radius 2 is 1.80 bits per heavy atom. The average Bonchev–Trinajstić information content (AvgIpc) is 1.80. The minimum Gasteiger partial charge on any atom is -0.0840 e. The SMILES string of the molecule is C.Cc1ccc(C)c(Cl)c1. The molecule has 1 aromatic rings. The third kappa shape index (κ3) is 2.03. The van der Waals surface area contributed by atoms with Crippen LogP contribution in [0, 0.1) is 13.8 Å². The lowest BCUT2D eigenvalue weighted by atomic mass is 10.2. The van der Waals surface area contributed by atoms with E-state index in [1.54, 1.807) is 0 Å². The molecule has 1 heteroatoms. The van der Waals surface area contributed by atoms with Gasteiger partial charge in [0, 0.05) is 5.02 Å². The summed E-state index contributed by atoms with van der Waals surface area (Å²) in [6.45, 7) is 4.03. The summed E-state index contributed by atoms with van der Waals surface area (Å²) >= 11 is 5.81. The molecule has 0 saturated carbocycles. The Balaban J connectivity index is 0.000000810. The normalized spacial score (nSPS) is 8.70. The first kappa shape index (κ1) is 9.51. The lowest BCUT2D eigenvalue weighted by Crippen LogP contribution is -1.75. The fourth-order valence-corrected chi connectivity index (χ4v) is 0.933.